The lowest BCUT2D eigenvalue weighted by atomic mass is 10.2. The van der Waals surface area contributed by atoms with E-state index in [1.54, 1.807) is 31.0 Å². The summed E-state index contributed by atoms with van der Waals surface area (Å²) in [5.74, 6) is 0.949. The number of amides is 1. The molecule has 4 aromatic rings. The van der Waals surface area contributed by atoms with Gasteiger partial charge in [0.05, 0.1) is 12.7 Å². The average molecular weight is 435 g/mol. The number of ether oxygens (including phenoxy) is 1. The van der Waals surface area contributed by atoms with Gasteiger partial charge in [-0.2, -0.15) is 0 Å². The maximum Gasteiger partial charge on any atom is 0.255 e. The van der Waals surface area contributed by atoms with Crippen LogP contribution < -0.4 is 10.1 Å². The fourth-order valence-electron chi connectivity index (χ4n) is 3.47. The summed E-state index contributed by atoms with van der Waals surface area (Å²) in [7, 11) is 1.56. The van der Waals surface area contributed by atoms with Crippen molar-refractivity contribution in [3.05, 3.63) is 95.9 Å². The number of thioether (sulfide) groups is 1. The molecule has 1 heterocycles. The van der Waals surface area contributed by atoms with Gasteiger partial charge in [0, 0.05) is 40.8 Å². The van der Waals surface area contributed by atoms with Crippen LogP contribution in [0.2, 0.25) is 0 Å². The van der Waals surface area contributed by atoms with Crippen LogP contribution in [-0.4, -0.2) is 24.1 Å². The van der Waals surface area contributed by atoms with Crippen LogP contribution in [0.4, 0.5) is 4.39 Å². The molecule has 0 saturated heterocycles. The van der Waals surface area contributed by atoms with E-state index in [0.717, 1.165) is 21.7 Å². The van der Waals surface area contributed by atoms with Gasteiger partial charge in [-0.1, -0.05) is 42.5 Å². The molecule has 1 N–H and O–H groups in total. The molecule has 158 valence electrons. The molecule has 0 aliphatic rings. The second kappa shape index (κ2) is 9.71. The van der Waals surface area contributed by atoms with Crippen LogP contribution in [-0.2, 0) is 12.3 Å². The number of methoxy groups -OCH3 is 1. The first-order valence-electron chi connectivity index (χ1n) is 10.0. The zero-order valence-corrected chi connectivity index (χ0v) is 18.0. The number of fused-ring (bicyclic) bond motifs is 1. The van der Waals surface area contributed by atoms with E-state index in [2.05, 4.69) is 28.2 Å². The fourth-order valence-corrected chi connectivity index (χ4v) is 4.52. The molecule has 0 unspecified atom stereocenters. The molecule has 0 atom stereocenters. The van der Waals surface area contributed by atoms with Gasteiger partial charge in [-0.15, -0.1) is 11.8 Å². The van der Waals surface area contributed by atoms with Crippen molar-refractivity contribution >= 4 is 28.6 Å². The smallest absolute Gasteiger partial charge is 0.255 e. The third-order valence-corrected chi connectivity index (χ3v) is 6.16. The van der Waals surface area contributed by atoms with Crippen LogP contribution in [0.1, 0.15) is 15.9 Å². The number of carbonyl (C=O) groups excluding carboxylic acids is 1. The van der Waals surface area contributed by atoms with Crippen LogP contribution in [0.5, 0.6) is 5.75 Å². The molecule has 0 saturated carbocycles. The highest BCUT2D eigenvalue weighted by Crippen LogP contribution is 2.32. The fraction of sp³-hybridized carbons (Fsp3) is 0.160. The number of halogens is 1. The van der Waals surface area contributed by atoms with E-state index >= 15 is 0 Å². The third kappa shape index (κ3) is 4.91. The summed E-state index contributed by atoms with van der Waals surface area (Å²) in [6, 6.07) is 22.0. The van der Waals surface area contributed by atoms with Gasteiger partial charge in [-0.3, -0.25) is 4.79 Å². The summed E-state index contributed by atoms with van der Waals surface area (Å²) in [5.41, 5.74) is 2.72. The molecule has 0 spiro atoms. The molecule has 0 fully saturated rings. The van der Waals surface area contributed by atoms with Gasteiger partial charge in [0.2, 0.25) is 0 Å². The Bertz CT molecular complexity index is 1190. The number of nitrogens with zero attached hydrogens (tertiary/aromatic N) is 1. The molecule has 1 aromatic heterocycles. The number of nitrogens with one attached hydrogen (secondary N) is 1. The van der Waals surface area contributed by atoms with E-state index in [0.29, 0.717) is 24.4 Å². The minimum atomic E-state index is -0.222. The van der Waals surface area contributed by atoms with Gasteiger partial charge >= 0.3 is 0 Å². The maximum absolute atomic E-state index is 13.1. The maximum atomic E-state index is 13.1. The van der Waals surface area contributed by atoms with Gasteiger partial charge in [-0.05, 0) is 35.9 Å². The van der Waals surface area contributed by atoms with Gasteiger partial charge in [-0.25, -0.2) is 4.39 Å². The monoisotopic (exact) mass is 434 g/mol. The van der Waals surface area contributed by atoms with E-state index in [-0.39, 0.29) is 11.7 Å². The SMILES string of the molecule is COc1ccccc1C(=O)NCCn1cc(SCc2ccc(F)cc2)c2ccccc21. The summed E-state index contributed by atoms with van der Waals surface area (Å²) in [5, 5.41) is 4.15. The molecule has 1 amide bonds. The molecule has 4 rings (SSSR count). The molecular formula is C25H23FN2O2S. The van der Waals surface area contributed by atoms with Crippen molar-refractivity contribution in [1.29, 1.82) is 0 Å². The molecule has 3 aromatic carbocycles. The predicted octanol–water partition coefficient (Wildman–Crippen LogP) is 5.51. The number of para-hydroxylation sites is 2. The predicted molar refractivity (Wildman–Crippen MR) is 123 cm³/mol. The summed E-state index contributed by atoms with van der Waals surface area (Å²) >= 11 is 1.72. The molecular weight excluding hydrogens is 411 g/mol. The van der Waals surface area contributed by atoms with E-state index in [1.165, 1.54) is 17.5 Å². The number of benzene rings is 3. The highest BCUT2D eigenvalue weighted by molar-refractivity contribution is 7.98. The van der Waals surface area contributed by atoms with E-state index in [1.807, 2.05) is 36.4 Å². The molecule has 6 heteroatoms. The normalized spacial score (nSPS) is 10.9. The molecule has 4 nitrogen and oxygen atoms in total. The van der Waals surface area contributed by atoms with Crippen molar-refractivity contribution in [2.45, 2.75) is 17.2 Å². The summed E-state index contributed by atoms with van der Waals surface area (Å²) in [6.07, 6.45) is 2.12. The Kier molecular flexibility index (Phi) is 6.57. The second-order valence-corrected chi connectivity index (χ2v) is 8.09. The Balaban J connectivity index is 1.44. The Morgan fingerprint density at radius 1 is 1.03 bits per heavy atom. The largest absolute Gasteiger partial charge is 0.496 e. The zero-order valence-electron chi connectivity index (χ0n) is 17.2. The number of hydrogen-bond donors (Lipinski definition) is 1. The van der Waals surface area contributed by atoms with Crippen molar-refractivity contribution in [3.8, 4) is 5.75 Å². The van der Waals surface area contributed by atoms with Crippen molar-refractivity contribution in [2.75, 3.05) is 13.7 Å². The van der Waals surface area contributed by atoms with Crippen molar-refractivity contribution in [2.24, 2.45) is 0 Å². The van der Waals surface area contributed by atoms with Crippen molar-refractivity contribution in [1.82, 2.24) is 9.88 Å². The van der Waals surface area contributed by atoms with E-state index in [4.69, 9.17) is 4.74 Å². The molecule has 31 heavy (non-hydrogen) atoms. The quantitative estimate of drug-likeness (QED) is 0.372. The first-order chi connectivity index (χ1) is 15.2. The minimum Gasteiger partial charge on any atom is -0.496 e. The molecule has 0 radical (unpaired) electrons. The van der Waals surface area contributed by atoms with Gasteiger partial charge in [0.25, 0.3) is 5.91 Å². The Morgan fingerprint density at radius 2 is 1.77 bits per heavy atom. The van der Waals surface area contributed by atoms with Gasteiger partial charge in [0.15, 0.2) is 0 Å². The Labute approximate surface area is 185 Å². The first-order valence-corrected chi connectivity index (χ1v) is 11.0. The Morgan fingerprint density at radius 3 is 2.58 bits per heavy atom. The lowest BCUT2D eigenvalue weighted by molar-refractivity contribution is 0.0949. The lowest BCUT2D eigenvalue weighted by Gasteiger charge is -2.10. The zero-order chi connectivity index (χ0) is 21.6. The topological polar surface area (TPSA) is 43.3 Å². The van der Waals surface area contributed by atoms with Crippen molar-refractivity contribution in [3.63, 3.8) is 0 Å². The standard InChI is InChI=1S/C25H23FN2O2S/c1-30-23-9-5-3-7-21(23)25(29)27-14-15-28-16-24(20-6-2-4-8-22(20)28)31-17-18-10-12-19(26)13-11-18/h2-13,16H,14-15,17H2,1H3,(H,27,29). The number of hydrogen-bond acceptors (Lipinski definition) is 3. The van der Waals surface area contributed by atoms with Crippen LogP contribution in [0.15, 0.2) is 83.9 Å². The summed E-state index contributed by atoms with van der Waals surface area (Å²) < 4.78 is 20.6. The Hall–Kier alpha value is -3.25. The molecule has 0 aliphatic heterocycles. The van der Waals surface area contributed by atoms with Crippen LogP contribution in [0, 0.1) is 5.82 Å². The van der Waals surface area contributed by atoms with Crippen LogP contribution in [0.25, 0.3) is 10.9 Å². The van der Waals surface area contributed by atoms with E-state index in [9.17, 15) is 9.18 Å². The van der Waals surface area contributed by atoms with E-state index < -0.39 is 0 Å². The number of aromatic nitrogens is 1. The minimum absolute atomic E-state index is 0.153. The lowest BCUT2D eigenvalue weighted by Crippen LogP contribution is -2.27. The number of carbonyl (C=O) groups is 1. The highest BCUT2D eigenvalue weighted by Gasteiger charge is 2.12. The summed E-state index contributed by atoms with van der Waals surface area (Å²) in [4.78, 5) is 13.7. The first kappa shape index (κ1) is 21.0. The highest BCUT2D eigenvalue weighted by atomic mass is 32.2. The van der Waals surface area contributed by atoms with Crippen LogP contribution >= 0.6 is 11.8 Å². The van der Waals surface area contributed by atoms with Crippen LogP contribution in [0.3, 0.4) is 0 Å². The second-order valence-electron chi connectivity index (χ2n) is 7.08. The number of rotatable bonds is 8. The van der Waals surface area contributed by atoms with Gasteiger partial charge in [0.1, 0.15) is 11.6 Å². The summed E-state index contributed by atoms with van der Waals surface area (Å²) in [6.45, 7) is 1.15. The van der Waals surface area contributed by atoms with Gasteiger partial charge < -0.3 is 14.6 Å². The van der Waals surface area contributed by atoms with Crippen molar-refractivity contribution < 1.29 is 13.9 Å². The third-order valence-electron chi connectivity index (χ3n) is 5.05. The molecule has 0 aliphatic carbocycles. The molecule has 0 bridgehead atoms. The average Bonchev–Trinajstić information content (AvgIpc) is 3.16.